The Morgan fingerprint density at radius 3 is 2.25 bits per heavy atom. The molecule has 32 heavy (non-hydrogen) atoms. The number of hydrogen-bond donors (Lipinski definition) is 2. The molecule has 0 unspecified atom stereocenters. The third-order valence-electron chi connectivity index (χ3n) is 5.23. The van der Waals surface area contributed by atoms with Crippen LogP contribution in [-0.4, -0.2) is 57.0 Å². The lowest BCUT2D eigenvalue weighted by Crippen LogP contribution is -2.29. The van der Waals surface area contributed by atoms with Crippen molar-refractivity contribution in [2.45, 2.75) is 18.8 Å². The van der Waals surface area contributed by atoms with E-state index in [9.17, 15) is 18.4 Å². The highest BCUT2D eigenvalue weighted by molar-refractivity contribution is 5.89. The maximum absolute atomic E-state index is 14.2. The minimum Gasteiger partial charge on any atom is -0.478 e. The van der Waals surface area contributed by atoms with Gasteiger partial charge in [-0.1, -0.05) is 12.1 Å². The molecule has 4 rings (SSSR count). The summed E-state index contributed by atoms with van der Waals surface area (Å²) < 4.78 is 29.6. The number of piperidine rings is 1. The van der Waals surface area contributed by atoms with E-state index in [1.165, 1.54) is 18.2 Å². The van der Waals surface area contributed by atoms with E-state index in [2.05, 4.69) is 11.9 Å². The Kier molecular flexibility index (Phi) is 7.32. The Balaban J connectivity index is 0.000000312. The van der Waals surface area contributed by atoms with Crippen LogP contribution >= 0.6 is 0 Å². The number of hydrogen-bond acceptors (Lipinski definition) is 4. The van der Waals surface area contributed by atoms with Crippen molar-refractivity contribution in [3.05, 3.63) is 71.9 Å². The van der Waals surface area contributed by atoms with Crippen molar-refractivity contribution in [3.8, 4) is 5.69 Å². The number of rotatable bonds is 4. The lowest BCUT2D eigenvalue weighted by Gasteiger charge is -2.28. The van der Waals surface area contributed by atoms with Gasteiger partial charge in [-0.3, -0.25) is 0 Å². The van der Waals surface area contributed by atoms with E-state index < -0.39 is 11.9 Å². The maximum atomic E-state index is 14.2. The maximum Gasteiger partial charge on any atom is 0.328 e. The number of carboxylic acids is 2. The summed E-state index contributed by atoms with van der Waals surface area (Å²) in [5, 5.41) is 21.2. The molecule has 0 bridgehead atoms. The second-order valence-electron chi connectivity index (χ2n) is 7.50. The molecule has 1 saturated heterocycles. The van der Waals surface area contributed by atoms with Gasteiger partial charge in [0, 0.05) is 29.5 Å². The number of aliphatic carboxylic acids is 2. The van der Waals surface area contributed by atoms with Crippen molar-refractivity contribution in [2.24, 2.45) is 0 Å². The zero-order valence-electron chi connectivity index (χ0n) is 17.4. The highest BCUT2D eigenvalue weighted by Crippen LogP contribution is 2.34. The van der Waals surface area contributed by atoms with Crippen LogP contribution in [0.2, 0.25) is 0 Å². The van der Waals surface area contributed by atoms with Crippen LogP contribution in [0, 0.1) is 11.6 Å². The standard InChI is InChI=1S/C19H19F2N3.C4H4O4/c1-23-10-8-13(9-11-23)19-15-7-6-14(20)12-18(15)24(22-19)17-5-3-2-4-16(17)21;5-3(6)1-2-4(7)8/h2-7,12-13H,8-11H2,1H3;1-2H,(H,5,6)(H,7,8)/b;2-1+. The van der Waals surface area contributed by atoms with Crippen LogP contribution < -0.4 is 0 Å². The van der Waals surface area contributed by atoms with Crippen molar-refractivity contribution in [1.29, 1.82) is 0 Å². The molecule has 9 heteroatoms. The molecule has 1 aromatic heterocycles. The largest absolute Gasteiger partial charge is 0.478 e. The first kappa shape index (κ1) is 23.1. The number of benzene rings is 2. The van der Waals surface area contributed by atoms with Gasteiger partial charge >= 0.3 is 11.9 Å². The molecule has 2 heterocycles. The van der Waals surface area contributed by atoms with Crippen LogP contribution in [0.3, 0.4) is 0 Å². The van der Waals surface area contributed by atoms with Gasteiger partial charge in [-0.05, 0) is 57.2 Å². The molecule has 0 saturated carbocycles. The molecular formula is C23H23F2N3O4. The average molecular weight is 443 g/mol. The van der Waals surface area contributed by atoms with Gasteiger partial charge in [0.05, 0.1) is 11.2 Å². The summed E-state index contributed by atoms with van der Waals surface area (Å²) in [6, 6.07) is 11.1. The predicted octanol–water partition coefficient (Wildman–Crippen LogP) is 3.82. The molecule has 1 aliphatic rings. The van der Waals surface area contributed by atoms with E-state index >= 15 is 0 Å². The Bertz CT molecular complexity index is 1140. The summed E-state index contributed by atoms with van der Waals surface area (Å²) >= 11 is 0. The summed E-state index contributed by atoms with van der Waals surface area (Å²) in [6.45, 7) is 2.03. The van der Waals surface area contributed by atoms with Crippen LogP contribution in [0.1, 0.15) is 24.5 Å². The van der Waals surface area contributed by atoms with Crippen LogP contribution in [0.4, 0.5) is 8.78 Å². The van der Waals surface area contributed by atoms with Crippen LogP contribution in [0.15, 0.2) is 54.6 Å². The molecule has 1 aliphatic heterocycles. The van der Waals surface area contributed by atoms with Crippen molar-refractivity contribution in [2.75, 3.05) is 20.1 Å². The molecular weight excluding hydrogens is 420 g/mol. The van der Waals surface area contributed by atoms with Gasteiger partial charge in [0.2, 0.25) is 0 Å². The zero-order chi connectivity index (χ0) is 23.3. The number of carboxylic acid groups (broad SMARTS) is 2. The van der Waals surface area contributed by atoms with Gasteiger partial charge in [0.15, 0.2) is 0 Å². The Morgan fingerprint density at radius 2 is 1.66 bits per heavy atom. The SMILES string of the molecule is CN1CCC(c2nn(-c3ccccc3F)c3cc(F)ccc23)CC1.O=C(O)/C=C/C(=O)O. The van der Waals surface area contributed by atoms with E-state index in [4.69, 9.17) is 15.3 Å². The first-order valence-electron chi connectivity index (χ1n) is 10.0. The van der Waals surface area contributed by atoms with E-state index in [0.29, 0.717) is 29.3 Å². The van der Waals surface area contributed by atoms with Gasteiger partial charge < -0.3 is 15.1 Å². The minimum absolute atomic E-state index is 0.321. The minimum atomic E-state index is -1.26. The summed E-state index contributed by atoms with van der Waals surface area (Å²) in [5.74, 6) is -2.89. The fourth-order valence-electron chi connectivity index (χ4n) is 3.65. The second-order valence-corrected chi connectivity index (χ2v) is 7.50. The Morgan fingerprint density at radius 1 is 1.03 bits per heavy atom. The third kappa shape index (κ3) is 5.55. The topological polar surface area (TPSA) is 95.7 Å². The second kappa shape index (κ2) is 10.1. The normalized spacial score (nSPS) is 15.0. The molecule has 7 nitrogen and oxygen atoms in total. The third-order valence-corrected chi connectivity index (χ3v) is 5.23. The fraction of sp³-hybridized carbons (Fsp3) is 0.261. The molecule has 2 aromatic carbocycles. The summed E-state index contributed by atoms with van der Waals surface area (Å²) in [4.78, 5) is 21.4. The number of fused-ring (bicyclic) bond motifs is 1. The molecule has 0 aliphatic carbocycles. The molecule has 168 valence electrons. The van der Waals surface area contributed by atoms with E-state index in [1.807, 2.05) is 0 Å². The van der Waals surface area contributed by atoms with Gasteiger partial charge in [-0.25, -0.2) is 23.1 Å². The lowest BCUT2D eigenvalue weighted by molar-refractivity contribution is -0.134. The van der Waals surface area contributed by atoms with Crippen LogP contribution in [0.5, 0.6) is 0 Å². The molecule has 0 spiro atoms. The predicted molar refractivity (Wildman–Crippen MR) is 115 cm³/mol. The summed E-state index contributed by atoms with van der Waals surface area (Å²) in [5.41, 5.74) is 1.92. The molecule has 0 radical (unpaired) electrons. The van der Waals surface area contributed by atoms with Crippen molar-refractivity contribution in [1.82, 2.24) is 14.7 Å². The molecule has 0 atom stereocenters. The summed E-state index contributed by atoms with van der Waals surface area (Å²) in [6.07, 6.45) is 3.14. The van der Waals surface area contributed by atoms with Crippen LogP contribution in [0.25, 0.3) is 16.6 Å². The number of carbonyl (C=O) groups is 2. The number of nitrogens with zero attached hydrogens (tertiary/aromatic N) is 3. The molecule has 0 amide bonds. The zero-order valence-corrected chi connectivity index (χ0v) is 17.4. The Labute approximate surface area is 183 Å². The van der Waals surface area contributed by atoms with Crippen molar-refractivity contribution in [3.63, 3.8) is 0 Å². The number of para-hydroxylation sites is 1. The number of halogens is 2. The van der Waals surface area contributed by atoms with E-state index in [1.54, 1.807) is 28.9 Å². The van der Waals surface area contributed by atoms with Gasteiger partial charge in [0.1, 0.15) is 17.3 Å². The number of likely N-dealkylation sites (tertiary alicyclic amines) is 1. The van der Waals surface area contributed by atoms with Crippen LogP contribution in [-0.2, 0) is 9.59 Å². The molecule has 2 N–H and O–H groups in total. The smallest absolute Gasteiger partial charge is 0.328 e. The first-order valence-corrected chi connectivity index (χ1v) is 10.0. The lowest BCUT2D eigenvalue weighted by atomic mass is 9.92. The quantitative estimate of drug-likeness (QED) is 0.595. The van der Waals surface area contributed by atoms with Gasteiger partial charge in [-0.15, -0.1) is 0 Å². The summed E-state index contributed by atoms with van der Waals surface area (Å²) in [7, 11) is 2.11. The van der Waals surface area contributed by atoms with E-state index in [0.717, 1.165) is 37.0 Å². The van der Waals surface area contributed by atoms with E-state index in [-0.39, 0.29) is 11.6 Å². The highest BCUT2D eigenvalue weighted by Gasteiger charge is 2.25. The van der Waals surface area contributed by atoms with Crippen molar-refractivity contribution >= 4 is 22.8 Å². The monoisotopic (exact) mass is 443 g/mol. The van der Waals surface area contributed by atoms with Crippen molar-refractivity contribution < 1.29 is 28.6 Å². The van der Waals surface area contributed by atoms with Gasteiger partial charge in [0.25, 0.3) is 0 Å². The molecule has 1 fully saturated rings. The highest BCUT2D eigenvalue weighted by atomic mass is 19.1. The fourth-order valence-corrected chi connectivity index (χ4v) is 3.65. The number of aromatic nitrogens is 2. The Hall–Kier alpha value is -3.59. The molecule has 3 aromatic rings. The van der Waals surface area contributed by atoms with Gasteiger partial charge in [-0.2, -0.15) is 5.10 Å². The average Bonchev–Trinajstić information content (AvgIpc) is 3.12. The first-order chi connectivity index (χ1) is 15.3.